The van der Waals surface area contributed by atoms with Crippen molar-refractivity contribution in [3.05, 3.63) is 35.1 Å². The number of nitrogens with zero attached hydrogens (tertiary/aromatic N) is 4. The van der Waals surface area contributed by atoms with Gasteiger partial charge in [-0.05, 0) is 56.5 Å². The SMILES string of the molecule is COCCOc1ccc(F)cc1C1CCN(C2COC3(C2)CN(c2nncs2)C3)CC1. The lowest BCUT2D eigenvalue weighted by Crippen LogP contribution is -2.62. The Kier molecular flexibility index (Phi) is 6.10. The van der Waals surface area contributed by atoms with Gasteiger partial charge in [-0.2, -0.15) is 0 Å². The molecule has 0 amide bonds. The number of ether oxygens (including phenoxy) is 3. The molecule has 0 N–H and O–H groups in total. The summed E-state index contributed by atoms with van der Waals surface area (Å²) in [5, 5.41) is 9.08. The van der Waals surface area contributed by atoms with Crippen LogP contribution in [0.2, 0.25) is 0 Å². The van der Waals surface area contributed by atoms with Crippen LogP contribution in [0.25, 0.3) is 0 Å². The molecule has 0 aliphatic carbocycles. The molecule has 5 rings (SSSR count). The van der Waals surface area contributed by atoms with Gasteiger partial charge >= 0.3 is 0 Å². The van der Waals surface area contributed by atoms with Crippen LogP contribution in [-0.4, -0.2) is 79.8 Å². The third kappa shape index (κ3) is 4.41. The summed E-state index contributed by atoms with van der Waals surface area (Å²) in [5.41, 5.74) is 2.73. The molecule has 0 saturated carbocycles. The first-order valence-corrected chi connectivity index (χ1v) is 11.8. The van der Waals surface area contributed by atoms with E-state index in [1.807, 2.05) is 0 Å². The topological polar surface area (TPSA) is 60.0 Å². The molecule has 3 fully saturated rings. The number of hydrogen-bond donors (Lipinski definition) is 0. The molecule has 0 bridgehead atoms. The Labute approximate surface area is 186 Å². The van der Waals surface area contributed by atoms with Gasteiger partial charge in [-0.1, -0.05) is 11.3 Å². The van der Waals surface area contributed by atoms with Crippen LogP contribution in [0.5, 0.6) is 5.75 Å². The van der Waals surface area contributed by atoms with E-state index in [1.54, 1.807) is 36.1 Å². The summed E-state index contributed by atoms with van der Waals surface area (Å²) in [4.78, 5) is 4.81. The van der Waals surface area contributed by atoms with Gasteiger partial charge in [0.25, 0.3) is 0 Å². The number of hydrogen-bond acceptors (Lipinski definition) is 8. The molecule has 1 unspecified atom stereocenters. The van der Waals surface area contributed by atoms with Gasteiger partial charge in [-0.25, -0.2) is 4.39 Å². The van der Waals surface area contributed by atoms with E-state index >= 15 is 0 Å². The van der Waals surface area contributed by atoms with Gasteiger partial charge in [0.1, 0.15) is 29.3 Å². The molecular formula is C22H29FN4O3S. The van der Waals surface area contributed by atoms with Crippen molar-refractivity contribution in [1.82, 2.24) is 15.1 Å². The minimum absolute atomic E-state index is 0.0297. The molecule has 7 nitrogen and oxygen atoms in total. The Morgan fingerprint density at radius 1 is 1.26 bits per heavy atom. The fourth-order valence-electron chi connectivity index (χ4n) is 5.15. The molecule has 4 heterocycles. The largest absolute Gasteiger partial charge is 0.491 e. The highest BCUT2D eigenvalue weighted by Gasteiger charge is 2.51. The Morgan fingerprint density at radius 3 is 2.84 bits per heavy atom. The fraction of sp³-hybridized carbons (Fsp3) is 0.636. The highest BCUT2D eigenvalue weighted by Crippen LogP contribution is 2.41. The lowest BCUT2D eigenvalue weighted by Gasteiger charge is -2.47. The van der Waals surface area contributed by atoms with E-state index in [0.29, 0.717) is 25.2 Å². The normalized spacial score (nSPS) is 23.9. The molecule has 2 aromatic rings. The van der Waals surface area contributed by atoms with Crippen LogP contribution >= 0.6 is 11.3 Å². The van der Waals surface area contributed by atoms with E-state index in [0.717, 1.165) is 68.5 Å². The predicted octanol–water partition coefficient (Wildman–Crippen LogP) is 2.93. The second kappa shape index (κ2) is 8.97. The Balaban J connectivity index is 1.15. The third-order valence-electron chi connectivity index (χ3n) is 6.77. The van der Waals surface area contributed by atoms with Gasteiger partial charge in [0.2, 0.25) is 5.13 Å². The van der Waals surface area contributed by atoms with Gasteiger partial charge in [0.15, 0.2) is 0 Å². The van der Waals surface area contributed by atoms with E-state index in [2.05, 4.69) is 20.0 Å². The summed E-state index contributed by atoms with van der Waals surface area (Å²) in [6.07, 6.45) is 3.08. The lowest BCUT2D eigenvalue weighted by atomic mass is 9.86. The number of piperidine rings is 1. The number of methoxy groups -OCH3 is 1. The number of aromatic nitrogens is 2. The molecule has 1 aromatic carbocycles. The smallest absolute Gasteiger partial charge is 0.208 e. The maximum atomic E-state index is 14.0. The Bertz CT molecular complexity index is 870. The number of likely N-dealkylation sites (tertiary alicyclic amines) is 1. The van der Waals surface area contributed by atoms with Crippen molar-refractivity contribution in [1.29, 1.82) is 0 Å². The van der Waals surface area contributed by atoms with Crippen molar-refractivity contribution < 1.29 is 18.6 Å². The van der Waals surface area contributed by atoms with Gasteiger partial charge in [-0.3, -0.25) is 4.90 Å². The van der Waals surface area contributed by atoms with Crippen LogP contribution in [0.4, 0.5) is 9.52 Å². The summed E-state index contributed by atoms with van der Waals surface area (Å²) in [5.74, 6) is 0.899. The molecule has 9 heteroatoms. The fourth-order valence-corrected chi connectivity index (χ4v) is 5.71. The molecule has 1 atom stereocenters. The van der Waals surface area contributed by atoms with Crippen molar-refractivity contribution in [2.45, 2.75) is 36.8 Å². The first-order chi connectivity index (χ1) is 15.2. The molecule has 168 valence electrons. The average molecular weight is 449 g/mol. The van der Waals surface area contributed by atoms with E-state index in [9.17, 15) is 4.39 Å². The van der Waals surface area contributed by atoms with Crippen LogP contribution in [0.1, 0.15) is 30.7 Å². The predicted molar refractivity (Wildman–Crippen MR) is 117 cm³/mol. The maximum absolute atomic E-state index is 14.0. The highest BCUT2D eigenvalue weighted by molar-refractivity contribution is 7.13. The number of rotatable bonds is 7. The molecular weight excluding hydrogens is 419 g/mol. The summed E-state index contributed by atoms with van der Waals surface area (Å²) >= 11 is 1.58. The maximum Gasteiger partial charge on any atom is 0.208 e. The molecule has 0 radical (unpaired) electrons. The van der Waals surface area contributed by atoms with Crippen LogP contribution in [-0.2, 0) is 9.47 Å². The van der Waals surface area contributed by atoms with Crippen molar-refractivity contribution in [3.63, 3.8) is 0 Å². The van der Waals surface area contributed by atoms with Crippen LogP contribution in [0.15, 0.2) is 23.7 Å². The second-order valence-corrected chi connectivity index (χ2v) is 9.57. The number of halogens is 1. The molecule has 3 saturated heterocycles. The molecule has 31 heavy (non-hydrogen) atoms. The third-order valence-corrected chi connectivity index (χ3v) is 7.52. The van der Waals surface area contributed by atoms with E-state index in [1.165, 1.54) is 6.07 Å². The van der Waals surface area contributed by atoms with Gasteiger partial charge in [-0.15, -0.1) is 10.2 Å². The molecule has 3 aliphatic heterocycles. The minimum Gasteiger partial charge on any atom is -0.491 e. The summed E-state index contributed by atoms with van der Waals surface area (Å²) in [6, 6.07) is 5.33. The van der Waals surface area contributed by atoms with Crippen molar-refractivity contribution >= 4 is 16.5 Å². The quantitative estimate of drug-likeness (QED) is 0.604. The van der Waals surface area contributed by atoms with Crippen LogP contribution < -0.4 is 9.64 Å². The van der Waals surface area contributed by atoms with Gasteiger partial charge in [0.05, 0.1) is 26.3 Å². The van der Waals surface area contributed by atoms with Crippen molar-refractivity contribution in [2.24, 2.45) is 0 Å². The molecule has 1 aromatic heterocycles. The zero-order valence-corrected chi connectivity index (χ0v) is 18.7. The van der Waals surface area contributed by atoms with Gasteiger partial charge in [0, 0.05) is 18.7 Å². The standard InChI is InChI=1S/C22H29FN4O3S/c1-28-8-9-29-20-3-2-17(23)10-19(20)16-4-6-26(7-5-16)18-11-22(30-12-18)13-27(14-22)21-25-24-15-31-21/h2-3,10,15-16,18H,4-9,11-14H2,1H3. The van der Waals surface area contributed by atoms with E-state index in [-0.39, 0.29) is 11.4 Å². The van der Waals surface area contributed by atoms with E-state index in [4.69, 9.17) is 14.2 Å². The minimum atomic E-state index is -0.201. The average Bonchev–Trinajstić information content (AvgIpc) is 3.44. The second-order valence-electron chi connectivity index (χ2n) is 8.76. The van der Waals surface area contributed by atoms with Crippen molar-refractivity contribution in [2.75, 3.05) is 58.0 Å². The zero-order chi connectivity index (χ0) is 21.3. The Hall–Kier alpha value is -1.81. The summed E-state index contributed by atoms with van der Waals surface area (Å²) in [6.45, 7) is 5.60. The lowest BCUT2D eigenvalue weighted by molar-refractivity contribution is -0.0195. The number of anilines is 1. The Morgan fingerprint density at radius 2 is 2.10 bits per heavy atom. The monoisotopic (exact) mass is 448 g/mol. The summed E-state index contributed by atoms with van der Waals surface area (Å²) < 4.78 is 31.2. The summed E-state index contributed by atoms with van der Waals surface area (Å²) in [7, 11) is 1.65. The zero-order valence-electron chi connectivity index (χ0n) is 17.8. The van der Waals surface area contributed by atoms with Crippen molar-refractivity contribution in [3.8, 4) is 5.75 Å². The molecule has 1 spiro atoms. The highest BCUT2D eigenvalue weighted by atomic mass is 32.1. The van der Waals surface area contributed by atoms with Crippen LogP contribution in [0, 0.1) is 5.82 Å². The molecule has 3 aliphatic rings. The number of benzene rings is 1. The van der Waals surface area contributed by atoms with E-state index < -0.39 is 0 Å². The van der Waals surface area contributed by atoms with Gasteiger partial charge < -0.3 is 19.1 Å². The van der Waals surface area contributed by atoms with Crippen LogP contribution in [0.3, 0.4) is 0 Å². The first-order valence-electron chi connectivity index (χ1n) is 11.0. The first kappa shape index (κ1) is 21.1.